The van der Waals surface area contributed by atoms with Crippen molar-refractivity contribution in [1.82, 2.24) is 9.78 Å². The monoisotopic (exact) mass is 327 g/mol. The first-order valence-corrected chi connectivity index (χ1v) is 6.29. The summed E-state index contributed by atoms with van der Waals surface area (Å²) in [6.45, 7) is 1.70. The Kier molecular flexibility index (Phi) is 5.59. The molecule has 1 unspecified atom stereocenters. The van der Waals surface area contributed by atoms with E-state index in [0.29, 0.717) is 0 Å². The second-order valence-corrected chi connectivity index (χ2v) is 4.45. The number of carbonyl (C=O) groups excluding carboxylic acids is 1. The van der Waals surface area contributed by atoms with Crippen LogP contribution in [0.3, 0.4) is 0 Å². The van der Waals surface area contributed by atoms with Gasteiger partial charge in [0.1, 0.15) is 17.6 Å². The smallest absolute Gasteiger partial charge is 0.408 e. The van der Waals surface area contributed by atoms with Gasteiger partial charge in [0, 0.05) is 0 Å². The molecule has 0 saturated carbocycles. The third kappa shape index (κ3) is 4.92. The summed E-state index contributed by atoms with van der Waals surface area (Å²) in [6.07, 6.45) is -3.64. The van der Waals surface area contributed by atoms with Crippen molar-refractivity contribution >= 4 is 23.3 Å². The Morgan fingerprint density at radius 1 is 1.57 bits per heavy atom. The molecule has 21 heavy (non-hydrogen) atoms. The summed E-state index contributed by atoms with van der Waals surface area (Å²) < 4.78 is 41.6. The first-order valence-electron chi connectivity index (χ1n) is 5.91. The van der Waals surface area contributed by atoms with Crippen molar-refractivity contribution in [3.63, 3.8) is 0 Å². The number of hydrogen-bond donors (Lipinski definition) is 1. The van der Waals surface area contributed by atoms with Crippen LogP contribution in [0.1, 0.15) is 13.8 Å². The number of esters is 1. The standard InChI is InChI=1S/C11H13ClF3N3O3/c1-3-21-10(20)6(2)17-7-4-16-18(5-11(13,14)15)9(19)8(7)12/h4,6,17H,3,5H2,1-2H3. The Balaban J connectivity index is 2.95. The molecule has 0 aliphatic heterocycles. The van der Waals surface area contributed by atoms with Crippen LogP contribution in [0.4, 0.5) is 18.9 Å². The van der Waals surface area contributed by atoms with Crippen LogP contribution in [0.2, 0.25) is 5.02 Å². The van der Waals surface area contributed by atoms with Crippen molar-refractivity contribution in [3.8, 4) is 0 Å². The van der Waals surface area contributed by atoms with Gasteiger partial charge in [-0.05, 0) is 13.8 Å². The highest BCUT2D eigenvalue weighted by Gasteiger charge is 2.30. The van der Waals surface area contributed by atoms with Crippen LogP contribution in [0.5, 0.6) is 0 Å². The van der Waals surface area contributed by atoms with E-state index in [1.165, 1.54) is 6.92 Å². The van der Waals surface area contributed by atoms with Crippen molar-refractivity contribution < 1.29 is 22.7 Å². The predicted molar refractivity (Wildman–Crippen MR) is 69.3 cm³/mol. The van der Waals surface area contributed by atoms with Crippen LogP contribution in [0, 0.1) is 0 Å². The van der Waals surface area contributed by atoms with E-state index >= 15 is 0 Å². The van der Waals surface area contributed by atoms with Gasteiger partial charge in [-0.25, -0.2) is 9.48 Å². The van der Waals surface area contributed by atoms with E-state index in [9.17, 15) is 22.8 Å². The molecule has 6 nitrogen and oxygen atoms in total. The summed E-state index contributed by atoms with van der Waals surface area (Å²) in [7, 11) is 0. The van der Waals surface area contributed by atoms with Crippen molar-refractivity contribution in [2.45, 2.75) is 32.6 Å². The third-order valence-electron chi connectivity index (χ3n) is 2.33. The number of rotatable bonds is 5. The van der Waals surface area contributed by atoms with Crippen LogP contribution in [-0.4, -0.2) is 34.6 Å². The zero-order valence-corrected chi connectivity index (χ0v) is 12.0. The van der Waals surface area contributed by atoms with Gasteiger partial charge < -0.3 is 10.1 Å². The van der Waals surface area contributed by atoms with Gasteiger partial charge in [-0.2, -0.15) is 18.3 Å². The highest BCUT2D eigenvalue weighted by Crippen LogP contribution is 2.19. The second kappa shape index (κ2) is 6.79. The molecule has 0 fully saturated rings. The Labute approximate surface area is 122 Å². The van der Waals surface area contributed by atoms with Gasteiger partial charge in [-0.15, -0.1) is 0 Å². The number of halogens is 4. The van der Waals surface area contributed by atoms with Crippen molar-refractivity contribution in [3.05, 3.63) is 21.6 Å². The van der Waals surface area contributed by atoms with Crippen molar-refractivity contribution in [1.29, 1.82) is 0 Å². The fourth-order valence-corrected chi connectivity index (χ4v) is 1.61. The normalized spacial score (nSPS) is 12.9. The minimum atomic E-state index is -4.59. The molecule has 1 aromatic rings. The van der Waals surface area contributed by atoms with Gasteiger partial charge in [-0.3, -0.25) is 4.79 Å². The lowest BCUT2D eigenvalue weighted by molar-refractivity contribution is -0.144. The number of anilines is 1. The first kappa shape index (κ1) is 17.3. The molecular formula is C11H13ClF3N3O3. The zero-order chi connectivity index (χ0) is 16.2. The first-order chi connectivity index (χ1) is 9.65. The lowest BCUT2D eigenvalue weighted by Crippen LogP contribution is -2.33. The molecule has 1 rings (SSSR count). The van der Waals surface area contributed by atoms with Crippen LogP contribution in [0.15, 0.2) is 11.0 Å². The van der Waals surface area contributed by atoms with E-state index < -0.39 is 35.3 Å². The van der Waals surface area contributed by atoms with Gasteiger partial charge in [0.25, 0.3) is 5.56 Å². The van der Waals surface area contributed by atoms with E-state index in [1.807, 2.05) is 0 Å². The molecule has 1 aromatic heterocycles. The maximum absolute atomic E-state index is 12.2. The summed E-state index contributed by atoms with van der Waals surface area (Å²) in [5.41, 5.74) is -1.14. The molecule has 118 valence electrons. The molecule has 1 atom stereocenters. The number of ether oxygens (including phenoxy) is 1. The zero-order valence-electron chi connectivity index (χ0n) is 11.2. The fraction of sp³-hybridized carbons (Fsp3) is 0.545. The number of carbonyl (C=O) groups is 1. The van der Waals surface area contributed by atoms with E-state index in [2.05, 4.69) is 10.4 Å². The van der Waals surface area contributed by atoms with Gasteiger partial charge in [0.15, 0.2) is 0 Å². The van der Waals surface area contributed by atoms with Crippen LogP contribution >= 0.6 is 11.6 Å². The second-order valence-electron chi connectivity index (χ2n) is 4.07. The van der Waals surface area contributed by atoms with Gasteiger partial charge >= 0.3 is 12.1 Å². The Morgan fingerprint density at radius 2 is 2.19 bits per heavy atom. The molecule has 1 heterocycles. The molecule has 0 saturated heterocycles. The van der Waals surface area contributed by atoms with E-state index in [4.69, 9.17) is 16.3 Å². The number of hydrogen-bond acceptors (Lipinski definition) is 5. The highest BCUT2D eigenvalue weighted by atomic mass is 35.5. The van der Waals surface area contributed by atoms with Gasteiger partial charge in [-0.1, -0.05) is 11.6 Å². The van der Waals surface area contributed by atoms with E-state index in [1.54, 1.807) is 6.92 Å². The average Bonchev–Trinajstić information content (AvgIpc) is 2.37. The summed E-state index contributed by atoms with van der Waals surface area (Å²) in [5, 5.41) is 5.45. The molecule has 0 amide bonds. The maximum atomic E-state index is 12.2. The molecular weight excluding hydrogens is 315 g/mol. The topological polar surface area (TPSA) is 73.2 Å². The molecule has 0 bridgehead atoms. The largest absolute Gasteiger partial charge is 0.464 e. The lowest BCUT2D eigenvalue weighted by Gasteiger charge is -2.15. The molecule has 0 aliphatic carbocycles. The SMILES string of the molecule is CCOC(=O)C(C)Nc1cnn(CC(F)(F)F)c(=O)c1Cl. The molecule has 0 spiro atoms. The summed E-state index contributed by atoms with van der Waals surface area (Å²) in [5.74, 6) is -0.590. The van der Waals surface area contributed by atoms with Crippen molar-refractivity contribution in [2.24, 2.45) is 0 Å². The summed E-state index contributed by atoms with van der Waals surface area (Å²) in [4.78, 5) is 23.1. The quantitative estimate of drug-likeness (QED) is 0.835. The van der Waals surface area contributed by atoms with Gasteiger partial charge in [0.05, 0.1) is 18.5 Å². The minimum absolute atomic E-state index is 0.0411. The molecule has 0 aromatic carbocycles. The van der Waals surface area contributed by atoms with E-state index in [-0.39, 0.29) is 17.0 Å². The number of nitrogens with one attached hydrogen (secondary N) is 1. The number of alkyl halides is 3. The third-order valence-corrected chi connectivity index (χ3v) is 2.69. The number of nitrogens with zero attached hydrogens (tertiary/aromatic N) is 2. The maximum Gasteiger partial charge on any atom is 0.408 e. The van der Waals surface area contributed by atoms with Crippen LogP contribution in [0.25, 0.3) is 0 Å². The summed E-state index contributed by atoms with van der Waals surface area (Å²) >= 11 is 5.70. The molecule has 0 radical (unpaired) electrons. The van der Waals surface area contributed by atoms with Gasteiger partial charge in [0.2, 0.25) is 0 Å². The predicted octanol–water partition coefficient (Wildman–Crippen LogP) is 1.82. The van der Waals surface area contributed by atoms with Crippen molar-refractivity contribution in [2.75, 3.05) is 11.9 Å². The Hall–Kier alpha value is -1.77. The van der Waals surface area contributed by atoms with Crippen LogP contribution < -0.4 is 10.9 Å². The lowest BCUT2D eigenvalue weighted by atomic mass is 10.3. The average molecular weight is 328 g/mol. The minimum Gasteiger partial charge on any atom is -0.464 e. The Bertz CT molecular complexity index is 574. The fourth-order valence-electron chi connectivity index (χ4n) is 1.41. The van der Waals surface area contributed by atoms with Crippen LogP contribution in [-0.2, 0) is 16.1 Å². The Morgan fingerprint density at radius 3 is 2.71 bits per heavy atom. The highest BCUT2D eigenvalue weighted by molar-refractivity contribution is 6.33. The molecule has 10 heteroatoms. The number of aromatic nitrogens is 2. The molecule has 1 N–H and O–H groups in total. The summed E-state index contributed by atoms with van der Waals surface area (Å²) in [6, 6.07) is -0.831. The van der Waals surface area contributed by atoms with E-state index in [0.717, 1.165) is 6.20 Å². The molecule has 0 aliphatic rings.